The second-order valence-electron chi connectivity index (χ2n) is 5.80. The van der Waals surface area contributed by atoms with Crippen molar-refractivity contribution < 1.29 is 14.7 Å². The number of anilines is 2. The van der Waals surface area contributed by atoms with Crippen LogP contribution in [0.2, 0.25) is 0 Å². The lowest BCUT2D eigenvalue weighted by Crippen LogP contribution is -2.48. The molecule has 2 aliphatic rings. The molecule has 2 fully saturated rings. The summed E-state index contributed by atoms with van der Waals surface area (Å²) in [6.45, 7) is 4.15. The van der Waals surface area contributed by atoms with Crippen molar-refractivity contribution in [3.05, 3.63) is 24.3 Å². The Morgan fingerprint density at radius 3 is 1.73 bits per heavy atom. The largest absolute Gasteiger partial charge is 0.465 e. The fourth-order valence-corrected chi connectivity index (χ4v) is 3.04. The third-order valence-electron chi connectivity index (χ3n) is 4.45. The number of carbonyl (C=O) groups is 2. The fourth-order valence-electron chi connectivity index (χ4n) is 3.04. The van der Waals surface area contributed by atoms with E-state index < -0.39 is 6.09 Å². The van der Waals surface area contributed by atoms with Crippen molar-refractivity contribution in [1.82, 2.24) is 4.90 Å². The number of benzene rings is 1. The molecular weight excluding hydrogens is 282 g/mol. The van der Waals surface area contributed by atoms with Gasteiger partial charge >= 0.3 is 6.09 Å². The second-order valence-corrected chi connectivity index (χ2v) is 5.80. The monoisotopic (exact) mass is 303 g/mol. The lowest BCUT2D eigenvalue weighted by Gasteiger charge is -2.35. The average molecular weight is 303 g/mol. The van der Waals surface area contributed by atoms with E-state index in [2.05, 4.69) is 34.1 Å². The lowest BCUT2D eigenvalue weighted by atomic mass is 10.1. The standard InChI is InChI=1S/C16H21N3O3/c20-15-5-7-17(8-6-15)13-1-3-14(4-2-13)18-9-11-19(12-10-18)16(21)22/h1-4H,5-12H2,(H,21,22). The van der Waals surface area contributed by atoms with Crippen LogP contribution in [0.3, 0.4) is 0 Å². The molecule has 118 valence electrons. The summed E-state index contributed by atoms with van der Waals surface area (Å²) >= 11 is 0. The summed E-state index contributed by atoms with van der Waals surface area (Å²) in [5.74, 6) is 0.351. The number of amides is 1. The molecule has 22 heavy (non-hydrogen) atoms. The molecule has 1 N–H and O–H groups in total. The molecule has 1 aromatic rings. The van der Waals surface area contributed by atoms with Crippen LogP contribution >= 0.6 is 0 Å². The quantitative estimate of drug-likeness (QED) is 0.900. The van der Waals surface area contributed by atoms with Crippen molar-refractivity contribution in [2.75, 3.05) is 49.1 Å². The summed E-state index contributed by atoms with van der Waals surface area (Å²) in [7, 11) is 0. The fraction of sp³-hybridized carbons (Fsp3) is 0.500. The Balaban J connectivity index is 1.60. The number of Topliss-reactive ketones (excluding diaryl/α,β-unsaturated/α-hetero) is 1. The Morgan fingerprint density at radius 1 is 0.818 bits per heavy atom. The molecule has 2 saturated heterocycles. The number of piperidine rings is 1. The van der Waals surface area contributed by atoms with Crippen LogP contribution in [-0.2, 0) is 4.79 Å². The van der Waals surface area contributed by atoms with Crippen molar-refractivity contribution in [2.45, 2.75) is 12.8 Å². The van der Waals surface area contributed by atoms with Crippen LogP contribution in [0, 0.1) is 0 Å². The van der Waals surface area contributed by atoms with Gasteiger partial charge in [-0.05, 0) is 24.3 Å². The van der Waals surface area contributed by atoms with Gasteiger partial charge < -0.3 is 19.8 Å². The minimum absolute atomic E-state index is 0.351. The van der Waals surface area contributed by atoms with E-state index in [0.29, 0.717) is 31.7 Å². The highest BCUT2D eigenvalue weighted by molar-refractivity contribution is 5.81. The predicted octanol–water partition coefficient (Wildman–Crippen LogP) is 1.66. The molecule has 0 aliphatic carbocycles. The van der Waals surface area contributed by atoms with E-state index in [1.165, 1.54) is 4.90 Å². The van der Waals surface area contributed by atoms with Gasteiger partial charge in [0.1, 0.15) is 5.78 Å². The number of nitrogens with zero attached hydrogens (tertiary/aromatic N) is 3. The van der Waals surface area contributed by atoms with Gasteiger partial charge in [-0.3, -0.25) is 4.79 Å². The third kappa shape index (κ3) is 3.16. The molecule has 0 bridgehead atoms. The number of carboxylic acid groups (broad SMARTS) is 1. The SMILES string of the molecule is O=C1CCN(c2ccc(N3CCN(C(=O)O)CC3)cc2)CC1. The first-order chi connectivity index (χ1) is 10.6. The molecule has 6 nitrogen and oxygen atoms in total. The Morgan fingerprint density at radius 2 is 1.27 bits per heavy atom. The molecule has 6 heteroatoms. The summed E-state index contributed by atoms with van der Waals surface area (Å²) in [4.78, 5) is 28.1. The normalized spacial score (nSPS) is 19.5. The topological polar surface area (TPSA) is 64.1 Å². The first-order valence-corrected chi connectivity index (χ1v) is 7.73. The van der Waals surface area contributed by atoms with E-state index in [4.69, 9.17) is 5.11 Å². The summed E-state index contributed by atoms with van der Waals surface area (Å²) in [5, 5.41) is 8.97. The zero-order chi connectivity index (χ0) is 15.5. The van der Waals surface area contributed by atoms with E-state index >= 15 is 0 Å². The van der Waals surface area contributed by atoms with Crippen molar-refractivity contribution in [2.24, 2.45) is 0 Å². The summed E-state index contributed by atoms with van der Waals surface area (Å²) < 4.78 is 0. The maximum Gasteiger partial charge on any atom is 0.407 e. The van der Waals surface area contributed by atoms with E-state index in [-0.39, 0.29) is 0 Å². The van der Waals surface area contributed by atoms with Crippen LogP contribution in [0.15, 0.2) is 24.3 Å². The van der Waals surface area contributed by atoms with Gasteiger partial charge in [-0.2, -0.15) is 0 Å². The number of ketones is 1. The summed E-state index contributed by atoms with van der Waals surface area (Å²) in [6.07, 6.45) is 0.437. The van der Waals surface area contributed by atoms with E-state index in [1.807, 2.05) is 0 Å². The molecule has 0 aromatic heterocycles. The third-order valence-corrected chi connectivity index (χ3v) is 4.45. The van der Waals surface area contributed by atoms with E-state index in [0.717, 1.165) is 37.6 Å². The lowest BCUT2D eigenvalue weighted by molar-refractivity contribution is -0.119. The van der Waals surface area contributed by atoms with Crippen LogP contribution < -0.4 is 9.80 Å². The smallest absolute Gasteiger partial charge is 0.407 e. The number of hydrogen-bond acceptors (Lipinski definition) is 4. The Hall–Kier alpha value is -2.24. The molecular formula is C16H21N3O3. The molecule has 0 unspecified atom stereocenters. The molecule has 0 spiro atoms. The van der Waals surface area contributed by atoms with Crippen molar-refractivity contribution >= 4 is 23.3 Å². The van der Waals surface area contributed by atoms with Crippen molar-refractivity contribution in [3.8, 4) is 0 Å². The maximum atomic E-state index is 11.3. The van der Waals surface area contributed by atoms with Gasteiger partial charge in [-0.25, -0.2) is 4.79 Å². The Labute approximate surface area is 129 Å². The summed E-state index contributed by atoms with van der Waals surface area (Å²) in [5.41, 5.74) is 2.28. The van der Waals surface area contributed by atoms with E-state index in [9.17, 15) is 9.59 Å². The first kappa shape index (κ1) is 14.7. The van der Waals surface area contributed by atoms with Crippen molar-refractivity contribution in [1.29, 1.82) is 0 Å². The number of piperazine rings is 1. The van der Waals surface area contributed by atoms with Gasteiger partial charge in [0, 0.05) is 63.5 Å². The highest BCUT2D eigenvalue weighted by Gasteiger charge is 2.21. The molecule has 0 atom stereocenters. The Kier molecular flexibility index (Phi) is 4.18. The van der Waals surface area contributed by atoms with Crippen molar-refractivity contribution in [3.63, 3.8) is 0 Å². The molecule has 1 amide bonds. The molecule has 0 saturated carbocycles. The highest BCUT2D eigenvalue weighted by Crippen LogP contribution is 2.23. The van der Waals surface area contributed by atoms with Crippen LogP contribution in [-0.4, -0.2) is 61.2 Å². The molecule has 2 heterocycles. The second kappa shape index (κ2) is 6.25. The zero-order valence-electron chi connectivity index (χ0n) is 12.6. The first-order valence-electron chi connectivity index (χ1n) is 7.73. The molecule has 1 aromatic carbocycles. The molecule has 2 aliphatic heterocycles. The zero-order valence-corrected chi connectivity index (χ0v) is 12.6. The van der Waals surface area contributed by atoms with Crippen LogP contribution in [0.4, 0.5) is 16.2 Å². The van der Waals surface area contributed by atoms with Gasteiger partial charge in [0.2, 0.25) is 0 Å². The number of carbonyl (C=O) groups excluding carboxylic acids is 1. The van der Waals surface area contributed by atoms with Crippen LogP contribution in [0.25, 0.3) is 0 Å². The van der Waals surface area contributed by atoms with Crippen LogP contribution in [0.1, 0.15) is 12.8 Å². The molecule has 3 rings (SSSR count). The average Bonchev–Trinajstić information content (AvgIpc) is 2.56. The summed E-state index contributed by atoms with van der Waals surface area (Å²) in [6, 6.07) is 8.35. The maximum absolute atomic E-state index is 11.3. The van der Waals surface area contributed by atoms with Gasteiger partial charge in [-0.1, -0.05) is 0 Å². The van der Waals surface area contributed by atoms with Gasteiger partial charge in [-0.15, -0.1) is 0 Å². The van der Waals surface area contributed by atoms with E-state index in [1.54, 1.807) is 0 Å². The minimum Gasteiger partial charge on any atom is -0.465 e. The number of rotatable bonds is 2. The van der Waals surface area contributed by atoms with Gasteiger partial charge in [0.25, 0.3) is 0 Å². The molecule has 0 radical (unpaired) electrons. The Bertz CT molecular complexity index is 540. The van der Waals surface area contributed by atoms with Gasteiger partial charge in [0.15, 0.2) is 0 Å². The van der Waals surface area contributed by atoms with Gasteiger partial charge in [0.05, 0.1) is 0 Å². The highest BCUT2D eigenvalue weighted by atomic mass is 16.4. The van der Waals surface area contributed by atoms with Crippen LogP contribution in [0.5, 0.6) is 0 Å². The minimum atomic E-state index is -0.838. The number of hydrogen-bond donors (Lipinski definition) is 1. The predicted molar refractivity (Wildman–Crippen MR) is 84.7 cm³/mol.